The Kier molecular flexibility index (Phi) is 3.31. The standard InChI is InChI=1S/C14H14N5O2/c1-21-12-3-2-10-13(17-12)9(8-16-10)4-6-19-7-5-11(18-19)14(15)20/h2-3,7-8,16H,4,6H2,1H3,(H2,15,20). The molecule has 0 saturated carbocycles. The summed E-state index contributed by atoms with van der Waals surface area (Å²) in [6.07, 6.45) is 4.25. The predicted octanol–water partition coefficient (Wildman–Crippen LogP) is 0.910. The lowest BCUT2D eigenvalue weighted by Gasteiger charge is -2.02. The molecule has 21 heavy (non-hydrogen) atoms. The smallest absolute Gasteiger partial charge is 0.269 e. The lowest BCUT2D eigenvalue weighted by molar-refractivity contribution is 0.0994. The molecule has 0 unspecified atom stereocenters. The maximum Gasteiger partial charge on any atom is 0.269 e. The molecule has 3 aromatic heterocycles. The number of hydrogen-bond donors (Lipinski definition) is 2. The second-order valence-electron chi connectivity index (χ2n) is 4.56. The first-order valence-corrected chi connectivity index (χ1v) is 6.43. The number of nitrogens with one attached hydrogen (secondary N) is 1. The first-order chi connectivity index (χ1) is 10.2. The van der Waals surface area contributed by atoms with E-state index in [-0.39, 0.29) is 5.69 Å². The first kappa shape index (κ1) is 13.2. The van der Waals surface area contributed by atoms with Gasteiger partial charge in [-0.15, -0.1) is 0 Å². The monoisotopic (exact) mass is 284 g/mol. The maximum absolute atomic E-state index is 11.0. The lowest BCUT2D eigenvalue weighted by Crippen LogP contribution is -2.13. The molecule has 0 aliphatic heterocycles. The zero-order valence-corrected chi connectivity index (χ0v) is 11.5. The molecule has 7 heteroatoms. The van der Waals surface area contributed by atoms with Gasteiger partial charge >= 0.3 is 0 Å². The van der Waals surface area contributed by atoms with Crippen molar-refractivity contribution < 1.29 is 9.53 Å². The summed E-state index contributed by atoms with van der Waals surface area (Å²) >= 11 is 0. The third-order valence-corrected chi connectivity index (χ3v) is 3.21. The Bertz CT molecular complexity index is 790. The van der Waals surface area contributed by atoms with E-state index in [0.717, 1.165) is 16.6 Å². The van der Waals surface area contributed by atoms with Gasteiger partial charge < -0.3 is 15.5 Å². The number of amides is 1. The van der Waals surface area contributed by atoms with Crippen LogP contribution in [0.3, 0.4) is 0 Å². The maximum atomic E-state index is 11.0. The summed E-state index contributed by atoms with van der Waals surface area (Å²) in [5.41, 5.74) is 8.18. The van der Waals surface area contributed by atoms with Gasteiger partial charge in [-0.3, -0.25) is 9.48 Å². The van der Waals surface area contributed by atoms with Gasteiger partial charge in [-0.25, -0.2) is 4.98 Å². The Morgan fingerprint density at radius 2 is 2.38 bits per heavy atom. The van der Waals surface area contributed by atoms with Crippen LogP contribution in [0.1, 0.15) is 16.1 Å². The van der Waals surface area contributed by atoms with Crippen LogP contribution in [0.25, 0.3) is 11.0 Å². The van der Waals surface area contributed by atoms with Gasteiger partial charge in [0.15, 0.2) is 5.69 Å². The minimum atomic E-state index is -0.577. The third kappa shape index (κ3) is 2.58. The predicted molar refractivity (Wildman–Crippen MR) is 75.9 cm³/mol. The van der Waals surface area contributed by atoms with Gasteiger partial charge in [0.2, 0.25) is 5.88 Å². The molecule has 0 aromatic carbocycles. The molecule has 0 fully saturated rings. The number of rotatable bonds is 5. The molecule has 0 bridgehead atoms. The number of carbonyl (C=O) groups is 1. The summed E-state index contributed by atoms with van der Waals surface area (Å²) in [4.78, 5) is 18.6. The molecular weight excluding hydrogens is 270 g/mol. The lowest BCUT2D eigenvalue weighted by atomic mass is 10.2. The minimum Gasteiger partial charge on any atom is -0.481 e. The van der Waals surface area contributed by atoms with Crippen molar-refractivity contribution in [1.82, 2.24) is 19.7 Å². The molecule has 3 aromatic rings. The number of nitrogens with two attached hydrogens (primary N) is 1. The molecule has 0 saturated heterocycles. The van der Waals surface area contributed by atoms with Gasteiger partial charge in [-0.1, -0.05) is 0 Å². The van der Waals surface area contributed by atoms with Crippen LogP contribution in [0.2, 0.25) is 0 Å². The summed E-state index contributed by atoms with van der Waals surface area (Å²) in [6, 6.07) is 6.46. The summed E-state index contributed by atoms with van der Waals surface area (Å²) in [5, 5.41) is 4.05. The number of ether oxygens (including phenoxy) is 1. The number of fused-ring (bicyclic) bond motifs is 1. The van der Waals surface area contributed by atoms with Crippen molar-refractivity contribution >= 4 is 16.9 Å². The molecule has 107 valence electrons. The second-order valence-corrected chi connectivity index (χ2v) is 4.56. The van der Waals surface area contributed by atoms with Crippen molar-refractivity contribution in [3.63, 3.8) is 0 Å². The van der Waals surface area contributed by atoms with Gasteiger partial charge in [0.05, 0.1) is 18.1 Å². The Balaban J connectivity index is 1.79. The number of aromatic amines is 1. The molecule has 3 rings (SSSR count). The largest absolute Gasteiger partial charge is 0.481 e. The number of primary amides is 1. The van der Waals surface area contributed by atoms with Gasteiger partial charge in [-0.05, 0) is 18.1 Å². The average molecular weight is 284 g/mol. The molecule has 0 spiro atoms. The number of hydrogen-bond acceptors (Lipinski definition) is 4. The van der Waals surface area contributed by atoms with E-state index in [1.165, 1.54) is 0 Å². The number of aryl methyl sites for hydroxylation is 2. The quantitative estimate of drug-likeness (QED) is 0.727. The zero-order valence-electron chi connectivity index (χ0n) is 11.5. The Hall–Kier alpha value is -2.83. The van der Waals surface area contributed by atoms with Crippen LogP contribution >= 0.6 is 0 Å². The van der Waals surface area contributed by atoms with E-state index in [4.69, 9.17) is 10.5 Å². The number of carbonyl (C=O) groups excluding carboxylic acids is 1. The SMILES string of the molecule is COc1ccc2[nH]cc(CCn3c[c]c(C(N)=O)n3)c2n1. The normalized spacial score (nSPS) is 10.9. The molecule has 0 aliphatic rings. The highest BCUT2D eigenvalue weighted by molar-refractivity contribution is 5.90. The Labute approximate surface area is 120 Å². The Morgan fingerprint density at radius 1 is 1.52 bits per heavy atom. The number of nitrogens with zero attached hydrogens (tertiary/aromatic N) is 3. The van der Waals surface area contributed by atoms with Crippen LogP contribution in [-0.4, -0.2) is 32.8 Å². The van der Waals surface area contributed by atoms with Crippen LogP contribution in [0, 0.1) is 6.07 Å². The van der Waals surface area contributed by atoms with Crippen molar-refractivity contribution in [2.24, 2.45) is 5.73 Å². The van der Waals surface area contributed by atoms with Crippen LogP contribution in [0.15, 0.2) is 24.5 Å². The summed E-state index contributed by atoms with van der Waals surface area (Å²) in [5.74, 6) is -0.000894. The van der Waals surface area contributed by atoms with E-state index in [9.17, 15) is 4.79 Å². The topological polar surface area (TPSA) is 98.8 Å². The molecule has 1 radical (unpaired) electrons. The number of pyridine rings is 1. The molecule has 3 heterocycles. The first-order valence-electron chi connectivity index (χ1n) is 6.43. The average Bonchev–Trinajstić information content (AvgIpc) is 3.11. The van der Waals surface area contributed by atoms with Crippen LogP contribution in [-0.2, 0) is 13.0 Å². The number of H-pyrrole nitrogens is 1. The van der Waals surface area contributed by atoms with Crippen LogP contribution in [0.5, 0.6) is 5.88 Å². The van der Waals surface area contributed by atoms with Gasteiger partial charge in [0.1, 0.15) is 0 Å². The summed E-state index contributed by atoms with van der Waals surface area (Å²) in [7, 11) is 1.59. The number of aromatic nitrogens is 4. The van der Waals surface area contributed by atoms with E-state index >= 15 is 0 Å². The fourth-order valence-corrected chi connectivity index (χ4v) is 2.13. The van der Waals surface area contributed by atoms with E-state index in [1.54, 1.807) is 18.0 Å². The van der Waals surface area contributed by atoms with Gasteiger partial charge in [0.25, 0.3) is 5.91 Å². The summed E-state index contributed by atoms with van der Waals surface area (Å²) in [6.45, 7) is 0.607. The Morgan fingerprint density at radius 3 is 3.10 bits per heavy atom. The van der Waals surface area contributed by atoms with Gasteiger partial charge in [0, 0.05) is 31.1 Å². The van der Waals surface area contributed by atoms with Crippen molar-refractivity contribution in [2.75, 3.05) is 7.11 Å². The van der Waals surface area contributed by atoms with Crippen molar-refractivity contribution in [1.29, 1.82) is 0 Å². The van der Waals surface area contributed by atoms with E-state index in [0.29, 0.717) is 18.8 Å². The third-order valence-electron chi connectivity index (χ3n) is 3.21. The zero-order chi connectivity index (χ0) is 14.8. The van der Waals surface area contributed by atoms with Gasteiger partial charge in [-0.2, -0.15) is 5.10 Å². The summed E-state index contributed by atoms with van der Waals surface area (Å²) < 4.78 is 6.78. The van der Waals surface area contributed by atoms with Crippen molar-refractivity contribution in [2.45, 2.75) is 13.0 Å². The fraction of sp³-hybridized carbons (Fsp3) is 0.214. The van der Waals surface area contributed by atoms with Crippen molar-refractivity contribution in [3.05, 3.63) is 41.9 Å². The molecular formula is C14H14N5O2. The molecule has 3 N–H and O–H groups in total. The molecule has 7 nitrogen and oxygen atoms in total. The molecule has 0 atom stereocenters. The highest BCUT2D eigenvalue weighted by Crippen LogP contribution is 2.20. The highest BCUT2D eigenvalue weighted by atomic mass is 16.5. The second kappa shape index (κ2) is 5.28. The minimum absolute atomic E-state index is 0.147. The molecule has 1 amide bonds. The van der Waals surface area contributed by atoms with E-state index < -0.39 is 5.91 Å². The highest BCUT2D eigenvalue weighted by Gasteiger charge is 2.09. The van der Waals surface area contributed by atoms with E-state index in [1.807, 2.05) is 18.3 Å². The number of methoxy groups -OCH3 is 1. The van der Waals surface area contributed by atoms with Crippen LogP contribution in [0.4, 0.5) is 0 Å². The fourth-order valence-electron chi connectivity index (χ4n) is 2.13. The van der Waals surface area contributed by atoms with E-state index in [2.05, 4.69) is 21.1 Å². The van der Waals surface area contributed by atoms with Crippen molar-refractivity contribution in [3.8, 4) is 5.88 Å². The van der Waals surface area contributed by atoms with Crippen LogP contribution < -0.4 is 10.5 Å². The molecule has 0 aliphatic carbocycles.